The van der Waals surface area contributed by atoms with E-state index in [-0.39, 0.29) is 11.5 Å². The second-order valence-corrected chi connectivity index (χ2v) is 5.99. The number of H-pyrrole nitrogens is 1. The second-order valence-electron chi connectivity index (χ2n) is 5.99. The molecule has 0 amide bonds. The Kier molecular flexibility index (Phi) is 4.36. The number of nitrogens with zero attached hydrogens (tertiary/aromatic N) is 3. The summed E-state index contributed by atoms with van der Waals surface area (Å²) in [6.45, 7) is 0. The van der Waals surface area contributed by atoms with E-state index < -0.39 is 0 Å². The van der Waals surface area contributed by atoms with Crippen LogP contribution in [0.3, 0.4) is 0 Å². The van der Waals surface area contributed by atoms with Gasteiger partial charge < -0.3 is 20.2 Å². The van der Waals surface area contributed by atoms with Crippen LogP contribution in [-0.4, -0.2) is 34.2 Å². The average molecular weight is 375 g/mol. The number of nitrogen functional groups attached to an aromatic ring is 1. The summed E-state index contributed by atoms with van der Waals surface area (Å²) in [7, 11) is 3.14. The molecule has 0 aliphatic carbocycles. The van der Waals surface area contributed by atoms with Crippen molar-refractivity contribution in [2.24, 2.45) is 0 Å². The lowest BCUT2D eigenvalue weighted by atomic mass is 10.1. The summed E-state index contributed by atoms with van der Waals surface area (Å²) >= 11 is 0. The number of para-hydroxylation sites is 1. The van der Waals surface area contributed by atoms with E-state index >= 15 is 0 Å². The van der Waals surface area contributed by atoms with Gasteiger partial charge in [0.1, 0.15) is 17.2 Å². The fraction of sp³-hybridized carbons (Fsp3) is 0.100. The van der Waals surface area contributed by atoms with E-state index in [9.17, 15) is 4.79 Å². The highest BCUT2D eigenvalue weighted by molar-refractivity contribution is 5.79. The molecule has 2 aromatic heterocycles. The molecule has 0 spiro atoms. The summed E-state index contributed by atoms with van der Waals surface area (Å²) in [5.41, 5.74) is 7.90. The van der Waals surface area contributed by atoms with Crippen LogP contribution in [0, 0.1) is 0 Å². The molecule has 0 saturated carbocycles. The van der Waals surface area contributed by atoms with Crippen LogP contribution in [-0.2, 0) is 0 Å². The Labute approximate surface area is 160 Å². The van der Waals surface area contributed by atoms with Gasteiger partial charge >= 0.3 is 0 Å². The van der Waals surface area contributed by atoms with Crippen LogP contribution in [0.5, 0.6) is 11.5 Å². The zero-order valence-electron chi connectivity index (χ0n) is 15.3. The zero-order chi connectivity index (χ0) is 19.7. The highest BCUT2D eigenvalue weighted by Crippen LogP contribution is 2.33. The SMILES string of the molecule is COc1ccc(-c2cc(-c3nc4ccccc4c(=O)[nH]3)nc(N)n2)c(OC)c1. The van der Waals surface area contributed by atoms with Crippen molar-refractivity contribution >= 4 is 16.9 Å². The number of aromatic amines is 1. The standard InChI is InChI=1S/C20H17N5O3/c1-27-11-7-8-12(17(9-11)28-2)15-10-16(24-20(21)23-15)18-22-14-6-4-3-5-13(14)19(26)25-18/h3-10H,1-2H3,(H2,21,23,24)(H,22,25,26). The van der Waals surface area contributed by atoms with Crippen molar-refractivity contribution in [1.82, 2.24) is 19.9 Å². The molecule has 2 aromatic carbocycles. The summed E-state index contributed by atoms with van der Waals surface area (Å²) in [6, 6.07) is 14.2. The Morgan fingerprint density at radius 2 is 1.71 bits per heavy atom. The third-order valence-corrected chi connectivity index (χ3v) is 4.28. The predicted octanol–water partition coefficient (Wildman–Crippen LogP) is 2.65. The van der Waals surface area contributed by atoms with Crippen molar-refractivity contribution in [3.05, 3.63) is 58.9 Å². The van der Waals surface area contributed by atoms with Crippen molar-refractivity contribution in [2.75, 3.05) is 20.0 Å². The Bertz CT molecular complexity index is 1240. The molecule has 8 heteroatoms. The molecular formula is C20H17N5O3. The largest absolute Gasteiger partial charge is 0.497 e. The first-order valence-corrected chi connectivity index (χ1v) is 8.45. The number of hydrogen-bond donors (Lipinski definition) is 2. The lowest BCUT2D eigenvalue weighted by molar-refractivity contribution is 0.395. The average Bonchev–Trinajstić information content (AvgIpc) is 2.72. The number of benzene rings is 2. The molecule has 4 rings (SSSR count). The molecule has 0 aliphatic heterocycles. The van der Waals surface area contributed by atoms with Gasteiger partial charge in [0.05, 0.1) is 30.8 Å². The molecule has 0 saturated heterocycles. The molecule has 2 heterocycles. The molecule has 0 bridgehead atoms. The van der Waals surface area contributed by atoms with E-state index in [0.717, 1.165) is 0 Å². The molecule has 140 valence electrons. The molecule has 0 unspecified atom stereocenters. The minimum absolute atomic E-state index is 0.0566. The first-order valence-electron chi connectivity index (χ1n) is 8.45. The number of nitrogens with two attached hydrogens (primary N) is 1. The molecule has 4 aromatic rings. The predicted molar refractivity (Wildman–Crippen MR) is 106 cm³/mol. The Balaban J connectivity index is 1.88. The van der Waals surface area contributed by atoms with Gasteiger partial charge in [0.25, 0.3) is 5.56 Å². The highest BCUT2D eigenvalue weighted by atomic mass is 16.5. The van der Waals surface area contributed by atoms with Crippen LogP contribution in [0.25, 0.3) is 33.7 Å². The van der Waals surface area contributed by atoms with E-state index in [1.54, 1.807) is 50.6 Å². The first kappa shape index (κ1) is 17.5. The number of aromatic nitrogens is 4. The number of nitrogens with one attached hydrogen (secondary N) is 1. The quantitative estimate of drug-likeness (QED) is 0.563. The fourth-order valence-corrected chi connectivity index (χ4v) is 2.94. The number of hydrogen-bond acceptors (Lipinski definition) is 7. The van der Waals surface area contributed by atoms with E-state index in [1.165, 1.54) is 0 Å². The highest BCUT2D eigenvalue weighted by Gasteiger charge is 2.14. The van der Waals surface area contributed by atoms with Crippen molar-refractivity contribution in [1.29, 1.82) is 0 Å². The van der Waals surface area contributed by atoms with Crippen LogP contribution >= 0.6 is 0 Å². The minimum Gasteiger partial charge on any atom is -0.497 e. The van der Waals surface area contributed by atoms with Gasteiger partial charge in [0.2, 0.25) is 5.95 Å². The lowest BCUT2D eigenvalue weighted by Crippen LogP contribution is -2.10. The lowest BCUT2D eigenvalue weighted by Gasteiger charge is -2.11. The van der Waals surface area contributed by atoms with E-state index in [1.807, 2.05) is 12.1 Å². The zero-order valence-corrected chi connectivity index (χ0v) is 15.3. The molecule has 0 aliphatic rings. The van der Waals surface area contributed by atoms with Crippen molar-refractivity contribution in [3.63, 3.8) is 0 Å². The first-order chi connectivity index (χ1) is 13.6. The molecular weight excluding hydrogens is 358 g/mol. The summed E-state index contributed by atoms with van der Waals surface area (Å²) < 4.78 is 10.7. The Morgan fingerprint density at radius 3 is 2.50 bits per heavy atom. The topological polar surface area (TPSA) is 116 Å². The molecule has 28 heavy (non-hydrogen) atoms. The molecule has 3 N–H and O–H groups in total. The van der Waals surface area contributed by atoms with Crippen molar-refractivity contribution in [3.8, 4) is 34.3 Å². The maximum absolute atomic E-state index is 12.4. The van der Waals surface area contributed by atoms with E-state index in [0.29, 0.717) is 45.2 Å². The maximum atomic E-state index is 12.4. The number of anilines is 1. The van der Waals surface area contributed by atoms with Gasteiger partial charge in [-0.05, 0) is 30.3 Å². The smallest absolute Gasteiger partial charge is 0.259 e. The van der Waals surface area contributed by atoms with Crippen LogP contribution < -0.4 is 20.8 Å². The Hall–Kier alpha value is -3.94. The molecule has 0 atom stereocenters. The third kappa shape index (κ3) is 3.11. The summed E-state index contributed by atoms with van der Waals surface area (Å²) in [5, 5.41) is 0.505. The van der Waals surface area contributed by atoms with Gasteiger partial charge in [0, 0.05) is 11.6 Å². The van der Waals surface area contributed by atoms with E-state index in [2.05, 4.69) is 19.9 Å². The number of rotatable bonds is 4. The van der Waals surface area contributed by atoms with Gasteiger partial charge in [-0.15, -0.1) is 0 Å². The van der Waals surface area contributed by atoms with Gasteiger partial charge in [0.15, 0.2) is 5.82 Å². The fourth-order valence-electron chi connectivity index (χ4n) is 2.94. The molecule has 0 radical (unpaired) electrons. The second kappa shape index (κ2) is 6.99. The van der Waals surface area contributed by atoms with Crippen molar-refractivity contribution in [2.45, 2.75) is 0 Å². The van der Waals surface area contributed by atoms with E-state index in [4.69, 9.17) is 15.2 Å². The molecule has 0 fully saturated rings. The van der Waals surface area contributed by atoms with Gasteiger partial charge in [-0.1, -0.05) is 12.1 Å². The normalized spacial score (nSPS) is 10.8. The van der Waals surface area contributed by atoms with Crippen LogP contribution in [0.15, 0.2) is 53.3 Å². The van der Waals surface area contributed by atoms with Gasteiger partial charge in [-0.2, -0.15) is 0 Å². The summed E-state index contributed by atoms with van der Waals surface area (Å²) in [6.07, 6.45) is 0. The van der Waals surface area contributed by atoms with Crippen LogP contribution in [0.4, 0.5) is 5.95 Å². The maximum Gasteiger partial charge on any atom is 0.259 e. The summed E-state index contributed by atoms with van der Waals surface area (Å²) in [5.74, 6) is 1.60. The monoisotopic (exact) mass is 375 g/mol. The number of fused-ring (bicyclic) bond motifs is 1. The summed E-state index contributed by atoms with van der Waals surface area (Å²) in [4.78, 5) is 28.2. The Morgan fingerprint density at radius 1 is 0.929 bits per heavy atom. The van der Waals surface area contributed by atoms with Crippen LogP contribution in [0.1, 0.15) is 0 Å². The van der Waals surface area contributed by atoms with Gasteiger partial charge in [-0.25, -0.2) is 15.0 Å². The van der Waals surface area contributed by atoms with Gasteiger partial charge in [-0.3, -0.25) is 4.79 Å². The number of methoxy groups -OCH3 is 2. The third-order valence-electron chi connectivity index (χ3n) is 4.28. The van der Waals surface area contributed by atoms with Crippen LogP contribution in [0.2, 0.25) is 0 Å². The van der Waals surface area contributed by atoms with Crippen molar-refractivity contribution < 1.29 is 9.47 Å². The molecule has 8 nitrogen and oxygen atoms in total. The number of ether oxygens (including phenoxy) is 2. The minimum atomic E-state index is -0.249.